The minimum atomic E-state index is -0.229. The van der Waals surface area contributed by atoms with Crippen molar-refractivity contribution < 1.29 is 14.4 Å². The number of thioether (sulfide) groups is 1. The number of hydrogen-bond donors (Lipinski definition) is 2. The van der Waals surface area contributed by atoms with E-state index in [2.05, 4.69) is 10.6 Å². The second-order valence-electron chi connectivity index (χ2n) is 7.09. The average Bonchev–Trinajstić information content (AvgIpc) is 2.71. The standard InChI is InChI=1S/C23H29N3O3S/c1-4-13-26(14-21(27)25-20-8-6-5-7-18(20)3)23(29)16-30-15-22(28)24-19-11-9-17(2)10-12-19/h5-12H,4,13-16H2,1-3H3,(H,24,28)(H,25,27). The number of para-hydroxylation sites is 1. The first-order valence-electron chi connectivity index (χ1n) is 9.96. The van der Waals surface area contributed by atoms with Gasteiger partial charge >= 0.3 is 0 Å². The summed E-state index contributed by atoms with van der Waals surface area (Å²) in [6.45, 7) is 6.36. The van der Waals surface area contributed by atoms with Crippen LogP contribution in [0.4, 0.5) is 11.4 Å². The summed E-state index contributed by atoms with van der Waals surface area (Å²) in [5, 5.41) is 5.67. The fourth-order valence-electron chi connectivity index (χ4n) is 2.79. The molecule has 0 aromatic heterocycles. The molecule has 0 heterocycles. The molecule has 0 spiro atoms. The lowest BCUT2D eigenvalue weighted by Gasteiger charge is -2.21. The van der Waals surface area contributed by atoms with Gasteiger partial charge in [0.1, 0.15) is 0 Å². The predicted octanol–water partition coefficient (Wildman–Crippen LogP) is 3.85. The summed E-state index contributed by atoms with van der Waals surface area (Å²) in [4.78, 5) is 38.6. The van der Waals surface area contributed by atoms with Crippen LogP contribution in [0.2, 0.25) is 0 Å². The Kier molecular flexibility index (Phi) is 9.41. The van der Waals surface area contributed by atoms with E-state index in [4.69, 9.17) is 0 Å². The van der Waals surface area contributed by atoms with Crippen molar-refractivity contribution in [2.75, 3.05) is 35.2 Å². The molecule has 0 radical (unpaired) electrons. The van der Waals surface area contributed by atoms with Crippen LogP contribution in [0.3, 0.4) is 0 Å². The van der Waals surface area contributed by atoms with Gasteiger partial charge in [0.25, 0.3) is 0 Å². The third kappa shape index (κ3) is 7.91. The van der Waals surface area contributed by atoms with Gasteiger partial charge in [-0.2, -0.15) is 0 Å². The monoisotopic (exact) mass is 427 g/mol. The molecule has 0 atom stereocenters. The van der Waals surface area contributed by atoms with Gasteiger partial charge in [-0.05, 0) is 44.0 Å². The molecule has 160 valence electrons. The highest BCUT2D eigenvalue weighted by Gasteiger charge is 2.17. The summed E-state index contributed by atoms with van der Waals surface area (Å²) in [5.41, 5.74) is 3.57. The molecule has 3 amide bonds. The van der Waals surface area contributed by atoms with Crippen molar-refractivity contribution in [2.24, 2.45) is 0 Å². The van der Waals surface area contributed by atoms with E-state index in [0.29, 0.717) is 6.54 Å². The first-order valence-corrected chi connectivity index (χ1v) is 11.1. The van der Waals surface area contributed by atoms with Crippen molar-refractivity contribution in [1.29, 1.82) is 0 Å². The van der Waals surface area contributed by atoms with Crippen molar-refractivity contribution in [3.63, 3.8) is 0 Å². The van der Waals surface area contributed by atoms with E-state index >= 15 is 0 Å². The lowest BCUT2D eigenvalue weighted by molar-refractivity contribution is -0.132. The van der Waals surface area contributed by atoms with Gasteiger partial charge < -0.3 is 15.5 Å². The second kappa shape index (κ2) is 12.0. The molecule has 0 saturated heterocycles. The topological polar surface area (TPSA) is 78.5 Å². The number of amides is 3. The van der Waals surface area contributed by atoms with Crippen molar-refractivity contribution in [3.8, 4) is 0 Å². The van der Waals surface area contributed by atoms with Crippen LogP contribution >= 0.6 is 11.8 Å². The molecule has 2 rings (SSSR count). The van der Waals surface area contributed by atoms with Crippen molar-refractivity contribution in [2.45, 2.75) is 27.2 Å². The number of aryl methyl sites for hydroxylation is 2. The molecular weight excluding hydrogens is 398 g/mol. The molecule has 0 bridgehead atoms. The van der Waals surface area contributed by atoms with Crippen molar-refractivity contribution >= 4 is 40.9 Å². The van der Waals surface area contributed by atoms with E-state index in [1.54, 1.807) is 4.90 Å². The van der Waals surface area contributed by atoms with Crippen LogP contribution in [0, 0.1) is 13.8 Å². The maximum Gasteiger partial charge on any atom is 0.244 e. The number of hydrogen-bond acceptors (Lipinski definition) is 4. The molecule has 0 aliphatic rings. The molecule has 0 saturated carbocycles. The van der Waals surface area contributed by atoms with Gasteiger partial charge in [-0.15, -0.1) is 11.8 Å². The highest BCUT2D eigenvalue weighted by molar-refractivity contribution is 8.00. The molecule has 2 N–H and O–H groups in total. The van der Waals surface area contributed by atoms with Crippen LogP contribution in [-0.2, 0) is 14.4 Å². The molecule has 30 heavy (non-hydrogen) atoms. The van der Waals surface area contributed by atoms with Gasteiger partial charge in [0.15, 0.2) is 0 Å². The van der Waals surface area contributed by atoms with Gasteiger partial charge in [0.05, 0.1) is 18.1 Å². The first kappa shape index (κ1) is 23.5. The molecular formula is C23H29N3O3S. The number of benzene rings is 2. The van der Waals surface area contributed by atoms with Gasteiger partial charge in [0, 0.05) is 17.9 Å². The quantitative estimate of drug-likeness (QED) is 0.604. The molecule has 2 aromatic rings. The maximum absolute atomic E-state index is 12.6. The van der Waals surface area contributed by atoms with Crippen LogP contribution in [0.25, 0.3) is 0 Å². The molecule has 6 nitrogen and oxygen atoms in total. The highest BCUT2D eigenvalue weighted by atomic mass is 32.2. The Labute approximate surface area is 182 Å². The zero-order chi connectivity index (χ0) is 21.9. The van der Waals surface area contributed by atoms with E-state index in [1.807, 2.05) is 69.3 Å². The average molecular weight is 428 g/mol. The Bertz CT molecular complexity index is 868. The molecule has 0 aliphatic heterocycles. The molecule has 0 fully saturated rings. The highest BCUT2D eigenvalue weighted by Crippen LogP contribution is 2.14. The van der Waals surface area contributed by atoms with Gasteiger partial charge in [-0.1, -0.05) is 42.8 Å². The van der Waals surface area contributed by atoms with E-state index in [9.17, 15) is 14.4 Å². The number of anilines is 2. The zero-order valence-corrected chi connectivity index (χ0v) is 18.6. The third-order valence-corrected chi connectivity index (χ3v) is 5.31. The summed E-state index contributed by atoms with van der Waals surface area (Å²) in [6.07, 6.45) is 0.752. The number of nitrogens with one attached hydrogen (secondary N) is 2. The molecule has 0 aliphatic carbocycles. The number of nitrogens with zero attached hydrogens (tertiary/aromatic N) is 1. The number of rotatable bonds is 10. The van der Waals surface area contributed by atoms with Crippen LogP contribution < -0.4 is 10.6 Å². The summed E-state index contributed by atoms with van der Waals surface area (Å²) in [7, 11) is 0. The minimum Gasteiger partial charge on any atom is -0.333 e. The smallest absolute Gasteiger partial charge is 0.244 e. The molecule has 2 aromatic carbocycles. The fraction of sp³-hybridized carbons (Fsp3) is 0.348. The van der Waals surface area contributed by atoms with Crippen LogP contribution in [0.15, 0.2) is 48.5 Å². The van der Waals surface area contributed by atoms with Gasteiger partial charge in [-0.25, -0.2) is 0 Å². The summed E-state index contributed by atoms with van der Waals surface area (Å²) in [5.74, 6) is -0.206. The van der Waals surface area contributed by atoms with Crippen molar-refractivity contribution in [1.82, 2.24) is 4.90 Å². The fourth-order valence-corrected chi connectivity index (χ4v) is 3.51. The van der Waals surface area contributed by atoms with Gasteiger partial charge in [0.2, 0.25) is 17.7 Å². The predicted molar refractivity (Wildman–Crippen MR) is 124 cm³/mol. The Balaban J connectivity index is 1.79. The molecule has 0 unspecified atom stereocenters. The SMILES string of the molecule is CCCN(CC(=O)Nc1ccccc1C)C(=O)CSCC(=O)Nc1ccc(C)cc1. The summed E-state index contributed by atoms with van der Waals surface area (Å²) in [6, 6.07) is 15.1. The minimum absolute atomic E-state index is 0.00285. The lowest BCUT2D eigenvalue weighted by atomic mass is 10.2. The van der Waals surface area contributed by atoms with Crippen molar-refractivity contribution in [3.05, 3.63) is 59.7 Å². The Morgan fingerprint density at radius 2 is 1.60 bits per heavy atom. The lowest BCUT2D eigenvalue weighted by Crippen LogP contribution is -2.39. The second-order valence-corrected chi connectivity index (χ2v) is 8.07. The van der Waals surface area contributed by atoms with E-state index in [0.717, 1.165) is 28.9 Å². The summed E-state index contributed by atoms with van der Waals surface area (Å²) < 4.78 is 0. The molecule has 7 heteroatoms. The van der Waals surface area contributed by atoms with Crippen LogP contribution in [0.1, 0.15) is 24.5 Å². The van der Waals surface area contributed by atoms with E-state index < -0.39 is 0 Å². The first-order chi connectivity index (χ1) is 14.4. The largest absolute Gasteiger partial charge is 0.333 e. The Morgan fingerprint density at radius 1 is 0.900 bits per heavy atom. The third-order valence-electron chi connectivity index (χ3n) is 4.39. The Morgan fingerprint density at radius 3 is 2.27 bits per heavy atom. The van der Waals surface area contributed by atoms with Crippen LogP contribution in [-0.4, -0.2) is 47.2 Å². The maximum atomic E-state index is 12.6. The van der Waals surface area contributed by atoms with E-state index in [-0.39, 0.29) is 35.8 Å². The Hall–Kier alpha value is -2.80. The number of carbonyl (C=O) groups is 3. The van der Waals surface area contributed by atoms with Gasteiger partial charge in [-0.3, -0.25) is 14.4 Å². The zero-order valence-electron chi connectivity index (χ0n) is 17.7. The van der Waals surface area contributed by atoms with E-state index in [1.165, 1.54) is 11.8 Å². The summed E-state index contributed by atoms with van der Waals surface area (Å²) >= 11 is 1.24. The van der Waals surface area contributed by atoms with Crippen LogP contribution in [0.5, 0.6) is 0 Å². The normalized spacial score (nSPS) is 10.4. The number of carbonyl (C=O) groups excluding carboxylic acids is 3.